The van der Waals surface area contributed by atoms with Gasteiger partial charge in [-0.25, -0.2) is 4.98 Å². The zero-order chi connectivity index (χ0) is 20.4. The molecule has 0 aliphatic rings. The lowest BCUT2D eigenvalue weighted by atomic mass is 10.1. The third kappa shape index (κ3) is 4.34. The van der Waals surface area contributed by atoms with E-state index in [1.54, 1.807) is 31.2 Å². The number of H-pyrrole nitrogens is 1. The zero-order valence-corrected chi connectivity index (χ0v) is 17.7. The van der Waals surface area contributed by atoms with Crippen molar-refractivity contribution >= 4 is 50.7 Å². The summed E-state index contributed by atoms with van der Waals surface area (Å²) in [7, 11) is 0. The topological polar surface area (TPSA) is 91.9 Å². The molecule has 0 radical (unpaired) electrons. The number of carbonyl (C=O) groups is 2. The molecule has 8 heteroatoms. The first kappa shape index (κ1) is 20.3. The van der Waals surface area contributed by atoms with Crippen molar-refractivity contribution in [3.05, 3.63) is 56.4 Å². The molecule has 0 aliphatic heterocycles. The number of carbonyl (C=O) groups excluding carboxylic acids is 2. The third-order valence-corrected chi connectivity index (χ3v) is 6.72. The maximum absolute atomic E-state index is 12.4. The molecule has 3 rings (SSSR count). The Morgan fingerprint density at radius 2 is 2.07 bits per heavy atom. The second-order valence-corrected chi connectivity index (χ2v) is 9.09. The van der Waals surface area contributed by atoms with Crippen LogP contribution in [-0.2, 0) is 10.5 Å². The second-order valence-electron chi connectivity index (χ2n) is 6.56. The number of ketones is 1. The van der Waals surface area contributed by atoms with E-state index in [-0.39, 0.29) is 22.5 Å². The van der Waals surface area contributed by atoms with Gasteiger partial charge < -0.3 is 10.3 Å². The molecule has 0 saturated heterocycles. The molecule has 28 heavy (non-hydrogen) atoms. The minimum absolute atomic E-state index is 0.0528. The first-order chi connectivity index (χ1) is 13.3. The van der Waals surface area contributed by atoms with Crippen LogP contribution in [-0.4, -0.2) is 26.9 Å². The Morgan fingerprint density at radius 1 is 1.32 bits per heavy atom. The van der Waals surface area contributed by atoms with Crippen LogP contribution in [0, 0.1) is 13.8 Å². The van der Waals surface area contributed by atoms with E-state index < -0.39 is 0 Å². The van der Waals surface area contributed by atoms with Gasteiger partial charge in [-0.1, -0.05) is 12.1 Å². The smallest absolute Gasteiger partial charge is 0.259 e. The van der Waals surface area contributed by atoms with Gasteiger partial charge in [-0.2, -0.15) is 0 Å². The normalized spacial score (nSPS) is 12.1. The van der Waals surface area contributed by atoms with Crippen molar-refractivity contribution in [3.8, 4) is 0 Å². The van der Waals surface area contributed by atoms with E-state index >= 15 is 0 Å². The molecule has 1 aromatic carbocycles. The number of thioether (sulfide) groups is 1. The Balaban J connectivity index is 1.66. The Kier molecular flexibility index (Phi) is 6.00. The van der Waals surface area contributed by atoms with Crippen LogP contribution in [0.25, 0.3) is 10.2 Å². The Hall–Kier alpha value is -2.45. The molecule has 0 fully saturated rings. The number of hydrogen-bond donors (Lipinski definition) is 2. The highest BCUT2D eigenvalue weighted by molar-refractivity contribution is 7.99. The van der Waals surface area contributed by atoms with Crippen LogP contribution in [0.3, 0.4) is 0 Å². The van der Waals surface area contributed by atoms with E-state index in [4.69, 9.17) is 0 Å². The molecule has 1 amide bonds. The lowest BCUT2D eigenvalue weighted by Crippen LogP contribution is -2.23. The van der Waals surface area contributed by atoms with E-state index in [0.29, 0.717) is 28.2 Å². The monoisotopic (exact) mass is 415 g/mol. The Morgan fingerprint density at radius 3 is 2.79 bits per heavy atom. The highest BCUT2D eigenvalue weighted by atomic mass is 32.2. The lowest BCUT2D eigenvalue weighted by molar-refractivity contribution is -0.115. The fourth-order valence-electron chi connectivity index (χ4n) is 2.71. The summed E-state index contributed by atoms with van der Waals surface area (Å²) in [4.78, 5) is 45.4. The van der Waals surface area contributed by atoms with Crippen LogP contribution in [0.2, 0.25) is 0 Å². The van der Waals surface area contributed by atoms with Crippen LogP contribution in [0.5, 0.6) is 0 Å². The summed E-state index contributed by atoms with van der Waals surface area (Å²) in [5.74, 6) is 0.755. The molecule has 146 valence electrons. The predicted octanol–water partition coefficient (Wildman–Crippen LogP) is 4.06. The number of benzene rings is 1. The number of thiophene rings is 1. The number of nitrogens with zero attached hydrogens (tertiary/aromatic N) is 1. The van der Waals surface area contributed by atoms with Crippen molar-refractivity contribution in [2.45, 2.75) is 38.7 Å². The van der Waals surface area contributed by atoms with Gasteiger partial charge in [0.05, 0.1) is 16.4 Å². The van der Waals surface area contributed by atoms with Gasteiger partial charge in [0.25, 0.3) is 5.56 Å². The van der Waals surface area contributed by atoms with Gasteiger partial charge in [-0.15, -0.1) is 23.1 Å². The number of aryl methyl sites for hydroxylation is 2. The predicted molar refractivity (Wildman–Crippen MR) is 116 cm³/mol. The molecule has 0 saturated carbocycles. The number of fused-ring (bicyclic) bond motifs is 1. The molecule has 0 unspecified atom stereocenters. The van der Waals surface area contributed by atoms with Crippen molar-refractivity contribution < 1.29 is 9.59 Å². The maximum Gasteiger partial charge on any atom is 0.259 e. The minimum atomic E-state index is -0.353. The van der Waals surface area contributed by atoms with Gasteiger partial charge in [0.1, 0.15) is 10.7 Å². The number of aromatic amines is 1. The van der Waals surface area contributed by atoms with Gasteiger partial charge in [0.15, 0.2) is 5.78 Å². The molecule has 0 aliphatic carbocycles. The second kappa shape index (κ2) is 8.28. The minimum Gasteiger partial charge on any atom is -0.325 e. The van der Waals surface area contributed by atoms with Crippen molar-refractivity contribution in [3.63, 3.8) is 0 Å². The van der Waals surface area contributed by atoms with Crippen LogP contribution >= 0.6 is 23.1 Å². The van der Waals surface area contributed by atoms with E-state index in [1.165, 1.54) is 30.0 Å². The number of Topliss-reactive ketones (excluding diaryl/α,β-unsaturated/α-hetero) is 1. The molecule has 2 aromatic heterocycles. The molecule has 6 nitrogen and oxygen atoms in total. The summed E-state index contributed by atoms with van der Waals surface area (Å²) in [6.07, 6.45) is 0. The molecule has 0 spiro atoms. The summed E-state index contributed by atoms with van der Waals surface area (Å²) >= 11 is 2.89. The average Bonchev–Trinajstić information content (AvgIpc) is 2.94. The van der Waals surface area contributed by atoms with Crippen LogP contribution in [0.4, 0.5) is 5.69 Å². The fraction of sp³-hybridized carbons (Fsp3) is 0.300. The largest absolute Gasteiger partial charge is 0.325 e. The standard InChI is InChI=1S/C20H21N3O3S2/c1-10-12(3)28-20-17(10)19(26)22-16(23-20)9-27-13(4)18(25)21-15-7-5-6-14(8-15)11(2)24/h5-8,13H,9H2,1-4H3,(H,21,25)(H,22,23,26)/t13-/m1/s1. The number of hydrogen-bond acceptors (Lipinski definition) is 6. The summed E-state index contributed by atoms with van der Waals surface area (Å²) in [6.45, 7) is 7.18. The van der Waals surface area contributed by atoms with E-state index in [9.17, 15) is 14.4 Å². The lowest BCUT2D eigenvalue weighted by Gasteiger charge is -2.12. The summed E-state index contributed by atoms with van der Waals surface area (Å²) in [5.41, 5.74) is 1.96. The summed E-state index contributed by atoms with van der Waals surface area (Å²) in [5, 5.41) is 3.12. The van der Waals surface area contributed by atoms with Crippen LogP contribution < -0.4 is 10.9 Å². The first-order valence-electron chi connectivity index (χ1n) is 8.78. The van der Waals surface area contributed by atoms with Gasteiger partial charge in [-0.3, -0.25) is 14.4 Å². The number of aromatic nitrogens is 2. The van der Waals surface area contributed by atoms with Gasteiger partial charge in [0.2, 0.25) is 5.91 Å². The van der Waals surface area contributed by atoms with E-state index in [1.807, 2.05) is 13.8 Å². The summed E-state index contributed by atoms with van der Waals surface area (Å²) < 4.78 is 0. The van der Waals surface area contributed by atoms with E-state index in [2.05, 4.69) is 15.3 Å². The molecular formula is C20H21N3O3S2. The van der Waals surface area contributed by atoms with E-state index in [0.717, 1.165) is 15.3 Å². The molecule has 2 heterocycles. The van der Waals surface area contributed by atoms with Gasteiger partial charge in [0, 0.05) is 16.1 Å². The Bertz CT molecular complexity index is 1120. The molecular weight excluding hydrogens is 394 g/mol. The number of rotatable bonds is 6. The van der Waals surface area contributed by atoms with Gasteiger partial charge in [-0.05, 0) is 45.4 Å². The zero-order valence-electron chi connectivity index (χ0n) is 16.1. The number of anilines is 1. The molecule has 1 atom stereocenters. The van der Waals surface area contributed by atoms with Crippen LogP contribution in [0.15, 0.2) is 29.1 Å². The maximum atomic E-state index is 12.4. The fourth-order valence-corrected chi connectivity index (χ4v) is 4.51. The van der Waals surface area contributed by atoms with Crippen molar-refractivity contribution in [1.82, 2.24) is 9.97 Å². The Labute approximate surface area is 170 Å². The van der Waals surface area contributed by atoms with Gasteiger partial charge >= 0.3 is 0 Å². The highest BCUT2D eigenvalue weighted by Crippen LogP contribution is 2.26. The summed E-state index contributed by atoms with van der Waals surface area (Å²) in [6, 6.07) is 6.85. The first-order valence-corrected chi connectivity index (χ1v) is 10.6. The highest BCUT2D eigenvalue weighted by Gasteiger charge is 2.16. The van der Waals surface area contributed by atoms with Crippen molar-refractivity contribution in [1.29, 1.82) is 0 Å². The SMILES string of the molecule is CC(=O)c1cccc(NC(=O)[C@@H](C)SCc2nc3sc(C)c(C)c3c(=O)[nH]2)c1. The van der Waals surface area contributed by atoms with Crippen molar-refractivity contribution in [2.24, 2.45) is 0 Å². The van der Waals surface area contributed by atoms with Crippen LogP contribution in [0.1, 0.15) is 40.5 Å². The number of nitrogens with one attached hydrogen (secondary N) is 2. The number of amides is 1. The van der Waals surface area contributed by atoms with Crippen molar-refractivity contribution in [2.75, 3.05) is 5.32 Å². The molecule has 3 aromatic rings. The molecule has 2 N–H and O–H groups in total. The molecule has 0 bridgehead atoms. The third-order valence-electron chi connectivity index (χ3n) is 4.46. The average molecular weight is 416 g/mol. The quantitative estimate of drug-likeness (QED) is 0.592.